The number of amides is 2. The van der Waals surface area contributed by atoms with Gasteiger partial charge in [-0.2, -0.15) is 0 Å². The zero-order chi connectivity index (χ0) is 20.4. The lowest BCUT2D eigenvalue weighted by molar-refractivity contribution is -0.757. The summed E-state index contributed by atoms with van der Waals surface area (Å²) in [5, 5.41) is 13.0. The van der Waals surface area contributed by atoms with Crippen LogP contribution in [0.3, 0.4) is 0 Å². The third-order valence-corrected chi connectivity index (χ3v) is 3.93. The van der Waals surface area contributed by atoms with E-state index in [0.29, 0.717) is 11.8 Å². The number of ether oxygens (including phenoxy) is 3. The highest BCUT2D eigenvalue weighted by Gasteiger charge is 2.34. The van der Waals surface area contributed by atoms with Crippen molar-refractivity contribution in [3.8, 4) is 0 Å². The molecular weight excluding hydrogens is 390 g/mol. The van der Waals surface area contributed by atoms with Crippen LogP contribution in [-0.4, -0.2) is 72.1 Å². The molecule has 0 aliphatic carbocycles. The Labute approximate surface area is 157 Å². The van der Waals surface area contributed by atoms with E-state index in [0.717, 1.165) is 0 Å². The fourth-order valence-electron chi connectivity index (χ4n) is 1.83. The Hall–Kier alpha value is -2.77. The smallest absolute Gasteiger partial charge is 0.453 e. The number of rotatable bonds is 10. The van der Waals surface area contributed by atoms with Gasteiger partial charge in [0.2, 0.25) is 11.8 Å². The van der Waals surface area contributed by atoms with Crippen LogP contribution in [0.5, 0.6) is 0 Å². The Morgan fingerprint density at radius 3 is 2.63 bits per heavy atom. The average Bonchev–Trinajstić information content (AvgIpc) is 2.90. The van der Waals surface area contributed by atoms with E-state index in [2.05, 4.69) is 15.5 Å². The second kappa shape index (κ2) is 11.1. The highest BCUT2D eigenvalue weighted by Crippen LogP contribution is 2.16. The zero-order valence-corrected chi connectivity index (χ0v) is 15.3. The maximum absolute atomic E-state index is 12.0. The number of hydrogen-bond donors (Lipinski definition) is 2. The molecule has 0 aromatic rings. The summed E-state index contributed by atoms with van der Waals surface area (Å²) in [6.07, 6.45) is -2.13. The van der Waals surface area contributed by atoms with E-state index < -0.39 is 46.6 Å². The molecule has 0 aromatic heterocycles. The number of cyclic esters (lactones) is 2. The quantitative estimate of drug-likeness (QED) is 0.208. The Balaban J connectivity index is 2.38. The van der Waals surface area contributed by atoms with Gasteiger partial charge in [0, 0.05) is 19.2 Å². The van der Waals surface area contributed by atoms with Crippen LogP contribution in [0.25, 0.3) is 0 Å². The van der Waals surface area contributed by atoms with Crippen molar-refractivity contribution in [1.29, 1.82) is 0 Å². The standard InChI is InChI=1S/C13H19N3O10S/c1-7-10(26-12(19)25-7)5-23-13(20)27-6-9(15-8(2)17)11(18)14-3-4-24-16(21)22/h7,9-10H,3-6H2,1-2H3,(H,14,18)(H,15,17). The van der Waals surface area contributed by atoms with Gasteiger partial charge in [-0.15, -0.1) is 10.1 Å². The van der Waals surface area contributed by atoms with Gasteiger partial charge in [-0.05, 0) is 18.7 Å². The SMILES string of the molecule is CC(=O)NC(CSC(=O)OCC1OC(=O)OC1C)C(=O)NCCO[N+](=O)[O-]. The van der Waals surface area contributed by atoms with Crippen molar-refractivity contribution in [3.05, 3.63) is 10.1 Å². The first kappa shape index (κ1) is 22.3. The molecule has 1 aliphatic rings. The minimum absolute atomic E-state index is 0.142. The van der Waals surface area contributed by atoms with Gasteiger partial charge in [0.1, 0.15) is 25.4 Å². The minimum Gasteiger partial charge on any atom is -0.453 e. The summed E-state index contributed by atoms with van der Waals surface area (Å²) in [5.41, 5.74) is 0. The largest absolute Gasteiger partial charge is 0.509 e. The molecule has 0 bridgehead atoms. The molecule has 152 valence electrons. The summed E-state index contributed by atoms with van der Waals surface area (Å²) in [7, 11) is 0. The number of carbonyl (C=O) groups is 4. The van der Waals surface area contributed by atoms with Crippen molar-refractivity contribution < 1.29 is 43.3 Å². The van der Waals surface area contributed by atoms with Gasteiger partial charge in [-0.25, -0.2) is 9.59 Å². The summed E-state index contributed by atoms with van der Waals surface area (Å²) in [4.78, 5) is 59.9. The normalized spacial score (nSPS) is 19.3. The van der Waals surface area contributed by atoms with Crippen molar-refractivity contribution in [2.75, 3.05) is 25.5 Å². The first-order valence-corrected chi connectivity index (χ1v) is 8.66. The minimum atomic E-state index is -1.07. The Morgan fingerprint density at radius 1 is 1.37 bits per heavy atom. The van der Waals surface area contributed by atoms with Crippen LogP contribution in [0.4, 0.5) is 9.59 Å². The second-order valence-corrected chi connectivity index (χ2v) is 6.16. The van der Waals surface area contributed by atoms with E-state index in [-0.39, 0.29) is 25.5 Å². The molecule has 1 rings (SSSR count). The number of thioether (sulfide) groups is 1. The molecule has 3 unspecified atom stereocenters. The van der Waals surface area contributed by atoms with Crippen LogP contribution in [0.1, 0.15) is 13.8 Å². The van der Waals surface area contributed by atoms with Crippen molar-refractivity contribution in [1.82, 2.24) is 10.6 Å². The van der Waals surface area contributed by atoms with Gasteiger partial charge in [-0.3, -0.25) is 9.59 Å². The van der Waals surface area contributed by atoms with Gasteiger partial charge in [0.25, 0.3) is 5.09 Å². The number of nitrogens with one attached hydrogen (secondary N) is 2. The van der Waals surface area contributed by atoms with Crippen LogP contribution in [0.2, 0.25) is 0 Å². The average molecular weight is 409 g/mol. The molecule has 2 N–H and O–H groups in total. The van der Waals surface area contributed by atoms with Crippen molar-refractivity contribution in [2.24, 2.45) is 0 Å². The van der Waals surface area contributed by atoms with Crippen LogP contribution in [0.15, 0.2) is 0 Å². The molecule has 2 amide bonds. The molecule has 14 heteroatoms. The number of carbonyl (C=O) groups excluding carboxylic acids is 4. The van der Waals surface area contributed by atoms with Gasteiger partial charge in [-0.1, -0.05) is 0 Å². The highest BCUT2D eigenvalue weighted by atomic mass is 32.2. The third kappa shape index (κ3) is 8.94. The van der Waals surface area contributed by atoms with Crippen molar-refractivity contribution in [2.45, 2.75) is 32.1 Å². The lowest BCUT2D eigenvalue weighted by Crippen LogP contribution is -2.48. The lowest BCUT2D eigenvalue weighted by Gasteiger charge is -2.17. The van der Waals surface area contributed by atoms with E-state index in [4.69, 9.17) is 14.2 Å². The van der Waals surface area contributed by atoms with Crippen LogP contribution in [0, 0.1) is 10.1 Å². The molecule has 1 saturated heterocycles. The van der Waals surface area contributed by atoms with Gasteiger partial charge in [0.05, 0.1) is 0 Å². The van der Waals surface area contributed by atoms with E-state index in [1.807, 2.05) is 0 Å². The summed E-state index contributed by atoms with van der Waals surface area (Å²) in [6.45, 7) is 2.04. The lowest BCUT2D eigenvalue weighted by atomic mass is 10.2. The molecular formula is C13H19N3O10S. The monoisotopic (exact) mass is 409 g/mol. The molecule has 27 heavy (non-hydrogen) atoms. The first-order chi connectivity index (χ1) is 12.7. The predicted molar refractivity (Wildman–Crippen MR) is 88.2 cm³/mol. The Kier molecular flexibility index (Phi) is 9.12. The van der Waals surface area contributed by atoms with Gasteiger partial charge >= 0.3 is 11.5 Å². The fourth-order valence-corrected chi connectivity index (χ4v) is 2.52. The van der Waals surface area contributed by atoms with E-state index in [1.54, 1.807) is 6.92 Å². The highest BCUT2D eigenvalue weighted by molar-refractivity contribution is 8.13. The molecule has 1 fully saturated rings. The molecule has 0 aromatic carbocycles. The summed E-state index contributed by atoms with van der Waals surface area (Å²) in [6, 6.07) is -1.07. The van der Waals surface area contributed by atoms with E-state index in [1.165, 1.54) is 6.92 Å². The maximum Gasteiger partial charge on any atom is 0.509 e. The second-order valence-electron chi connectivity index (χ2n) is 5.20. The summed E-state index contributed by atoms with van der Waals surface area (Å²) < 4.78 is 14.4. The fraction of sp³-hybridized carbons (Fsp3) is 0.692. The molecule has 0 radical (unpaired) electrons. The molecule has 1 heterocycles. The maximum atomic E-state index is 12.0. The number of nitrogens with zero attached hydrogens (tertiary/aromatic N) is 1. The van der Waals surface area contributed by atoms with Crippen LogP contribution in [-0.2, 0) is 28.6 Å². The Morgan fingerprint density at radius 2 is 2.07 bits per heavy atom. The molecule has 0 spiro atoms. The topological polar surface area (TPSA) is 172 Å². The Bertz CT molecular complexity index is 587. The van der Waals surface area contributed by atoms with Gasteiger partial charge < -0.3 is 29.7 Å². The summed E-state index contributed by atoms with van der Waals surface area (Å²) >= 11 is 0.627. The van der Waals surface area contributed by atoms with Crippen LogP contribution < -0.4 is 10.6 Å². The molecule has 13 nitrogen and oxygen atoms in total. The van der Waals surface area contributed by atoms with Crippen LogP contribution >= 0.6 is 11.8 Å². The summed E-state index contributed by atoms with van der Waals surface area (Å²) in [5.74, 6) is -1.30. The van der Waals surface area contributed by atoms with Crippen molar-refractivity contribution in [3.63, 3.8) is 0 Å². The zero-order valence-electron chi connectivity index (χ0n) is 14.5. The van der Waals surface area contributed by atoms with E-state index in [9.17, 15) is 29.3 Å². The van der Waals surface area contributed by atoms with Gasteiger partial charge in [0.15, 0.2) is 6.10 Å². The predicted octanol–water partition coefficient (Wildman–Crippen LogP) is -0.391. The van der Waals surface area contributed by atoms with Crippen molar-refractivity contribution >= 4 is 35.0 Å². The molecule has 0 saturated carbocycles. The molecule has 1 aliphatic heterocycles. The first-order valence-electron chi connectivity index (χ1n) is 7.68. The van der Waals surface area contributed by atoms with E-state index >= 15 is 0 Å². The number of hydrogen-bond acceptors (Lipinski definition) is 11. The third-order valence-electron chi connectivity index (χ3n) is 3.08. The molecule has 3 atom stereocenters.